The fourth-order valence-electron chi connectivity index (χ4n) is 0.883. The number of hydrogen-bond acceptors (Lipinski definition) is 1. The Hall–Kier alpha value is -0.720. The quantitative estimate of drug-likeness (QED) is 0.620. The van der Waals surface area contributed by atoms with Crippen molar-refractivity contribution < 1.29 is 0 Å². The lowest BCUT2D eigenvalue weighted by Gasteiger charge is -2.22. The largest absolute Gasteiger partial charge is 0.355 e. The Morgan fingerprint density at radius 2 is 1.92 bits per heavy atom. The Morgan fingerprint density at radius 1 is 1.33 bits per heavy atom. The molecular formula is C11H21N. The van der Waals surface area contributed by atoms with Crippen molar-refractivity contribution in [3.63, 3.8) is 0 Å². The topological polar surface area (TPSA) is 3.24 Å². The molecule has 0 aliphatic heterocycles. The predicted molar refractivity (Wildman–Crippen MR) is 55.8 cm³/mol. The summed E-state index contributed by atoms with van der Waals surface area (Å²) < 4.78 is 0. The van der Waals surface area contributed by atoms with Crippen LogP contribution in [0.5, 0.6) is 0 Å². The van der Waals surface area contributed by atoms with Crippen LogP contribution in [0.2, 0.25) is 0 Å². The lowest BCUT2D eigenvalue weighted by Crippen LogP contribution is -2.17. The molecule has 0 aliphatic rings. The first kappa shape index (κ1) is 11.3. The van der Waals surface area contributed by atoms with Crippen molar-refractivity contribution in [1.29, 1.82) is 0 Å². The average Bonchev–Trinajstić information content (AvgIpc) is 1.96. The molecule has 0 heterocycles. The second kappa shape index (κ2) is 5.02. The maximum atomic E-state index is 3.75. The minimum Gasteiger partial charge on any atom is -0.355 e. The van der Waals surface area contributed by atoms with Crippen LogP contribution < -0.4 is 0 Å². The van der Waals surface area contributed by atoms with Crippen molar-refractivity contribution in [2.75, 3.05) is 6.54 Å². The third-order valence-corrected chi connectivity index (χ3v) is 1.70. The maximum absolute atomic E-state index is 3.75. The molecule has 0 bridgehead atoms. The molecule has 0 atom stereocenters. The molecule has 0 unspecified atom stereocenters. The van der Waals surface area contributed by atoms with E-state index >= 15 is 0 Å². The van der Waals surface area contributed by atoms with Crippen molar-refractivity contribution in [3.8, 4) is 0 Å². The summed E-state index contributed by atoms with van der Waals surface area (Å²) >= 11 is 0. The van der Waals surface area contributed by atoms with Crippen LogP contribution in [0.25, 0.3) is 0 Å². The van der Waals surface area contributed by atoms with Gasteiger partial charge in [0, 0.05) is 6.54 Å². The maximum Gasteiger partial charge on any atom is 0.0224 e. The van der Waals surface area contributed by atoms with E-state index in [1.54, 1.807) is 0 Å². The number of allylic oxidation sites excluding steroid dienone is 1. The van der Waals surface area contributed by atoms with Crippen LogP contribution in [0.1, 0.15) is 34.1 Å². The number of rotatable bonds is 4. The SMILES string of the molecule is C=CN(/C=C\C)CCC(C)(C)C. The van der Waals surface area contributed by atoms with E-state index in [0.29, 0.717) is 5.41 Å². The van der Waals surface area contributed by atoms with Crippen molar-refractivity contribution in [3.05, 3.63) is 25.1 Å². The zero-order valence-corrected chi connectivity index (χ0v) is 8.80. The van der Waals surface area contributed by atoms with Gasteiger partial charge in [-0.05, 0) is 31.2 Å². The Balaban J connectivity index is 3.81. The van der Waals surface area contributed by atoms with E-state index in [9.17, 15) is 0 Å². The zero-order valence-electron chi connectivity index (χ0n) is 8.80. The highest BCUT2D eigenvalue weighted by atomic mass is 15.1. The average molecular weight is 167 g/mol. The van der Waals surface area contributed by atoms with E-state index in [2.05, 4.69) is 38.5 Å². The lowest BCUT2D eigenvalue weighted by atomic mass is 9.92. The second-order valence-electron chi connectivity index (χ2n) is 4.21. The molecule has 0 saturated heterocycles. The molecule has 0 aromatic rings. The summed E-state index contributed by atoms with van der Waals surface area (Å²) in [6.45, 7) is 13.6. The van der Waals surface area contributed by atoms with Gasteiger partial charge in [-0.1, -0.05) is 33.4 Å². The Labute approximate surface area is 76.8 Å². The van der Waals surface area contributed by atoms with E-state index < -0.39 is 0 Å². The highest BCUT2D eigenvalue weighted by Crippen LogP contribution is 2.18. The van der Waals surface area contributed by atoms with Crippen LogP contribution in [-0.2, 0) is 0 Å². The van der Waals surface area contributed by atoms with E-state index in [1.807, 2.05) is 19.2 Å². The van der Waals surface area contributed by atoms with Crippen LogP contribution in [0.3, 0.4) is 0 Å². The molecule has 0 aromatic carbocycles. The molecule has 0 spiro atoms. The summed E-state index contributed by atoms with van der Waals surface area (Å²) in [5, 5.41) is 0. The van der Waals surface area contributed by atoms with Crippen LogP contribution in [-0.4, -0.2) is 11.4 Å². The molecule has 0 saturated carbocycles. The molecular weight excluding hydrogens is 146 g/mol. The molecule has 0 radical (unpaired) electrons. The summed E-state index contributed by atoms with van der Waals surface area (Å²) in [7, 11) is 0. The van der Waals surface area contributed by atoms with Gasteiger partial charge in [-0.3, -0.25) is 0 Å². The van der Waals surface area contributed by atoms with Gasteiger partial charge in [-0.15, -0.1) is 0 Å². The molecule has 0 fully saturated rings. The Morgan fingerprint density at radius 3 is 2.25 bits per heavy atom. The number of nitrogens with zero attached hydrogens (tertiary/aromatic N) is 1. The van der Waals surface area contributed by atoms with E-state index in [0.717, 1.165) is 6.54 Å². The summed E-state index contributed by atoms with van der Waals surface area (Å²) in [5.74, 6) is 0. The van der Waals surface area contributed by atoms with Crippen molar-refractivity contribution in [1.82, 2.24) is 4.90 Å². The first-order valence-corrected chi connectivity index (χ1v) is 4.51. The van der Waals surface area contributed by atoms with Crippen LogP contribution in [0, 0.1) is 5.41 Å². The Bertz CT molecular complexity index is 151. The van der Waals surface area contributed by atoms with Gasteiger partial charge < -0.3 is 4.90 Å². The zero-order chi connectivity index (χ0) is 9.61. The highest BCUT2D eigenvalue weighted by molar-refractivity contribution is 4.86. The van der Waals surface area contributed by atoms with Crippen molar-refractivity contribution in [2.24, 2.45) is 5.41 Å². The molecule has 0 N–H and O–H groups in total. The van der Waals surface area contributed by atoms with E-state index in [1.165, 1.54) is 6.42 Å². The summed E-state index contributed by atoms with van der Waals surface area (Å²) in [6.07, 6.45) is 7.14. The first-order valence-electron chi connectivity index (χ1n) is 4.51. The van der Waals surface area contributed by atoms with E-state index in [4.69, 9.17) is 0 Å². The first-order chi connectivity index (χ1) is 5.49. The standard InChI is InChI=1S/C11H21N/c1-6-9-12(7-2)10-8-11(3,4)5/h6-7,9H,2,8,10H2,1,3-5H3/b9-6-. The molecule has 12 heavy (non-hydrogen) atoms. The molecule has 0 aromatic heterocycles. The van der Waals surface area contributed by atoms with Gasteiger partial charge in [-0.2, -0.15) is 0 Å². The predicted octanol–water partition coefficient (Wildman–Crippen LogP) is 3.40. The smallest absolute Gasteiger partial charge is 0.0224 e. The molecule has 0 rings (SSSR count). The monoisotopic (exact) mass is 167 g/mol. The van der Waals surface area contributed by atoms with Crippen molar-refractivity contribution in [2.45, 2.75) is 34.1 Å². The Kier molecular flexibility index (Phi) is 4.72. The third kappa shape index (κ3) is 6.02. The van der Waals surface area contributed by atoms with Crippen LogP contribution in [0.15, 0.2) is 25.1 Å². The van der Waals surface area contributed by atoms with Gasteiger partial charge in [0.2, 0.25) is 0 Å². The molecule has 0 aliphatic carbocycles. The van der Waals surface area contributed by atoms with Crippen molar-refractivity contribution >= 4 is 0 Å². The molecule has 1 heteroatoms. The van der Waals surface area contributed by atoms with Crippen LogP contribution >= 0.6 is 0 Å². The van der Waals surface area contributed by atoms with Gasteiger partial charge in [-0.25, -0.2) is 0 Å². The summed E-state index contributed by atoms with van der Waals surface area (Å²) in [6, 6.07) is 0. The normalized spacial score (nSPS) is 12.0. The molecule has 0 amide bonds. The van der Waals surface area contributed by atoms with Gasteiger partial charge in [0.15, 0.2) is 0 Å². The van der Waals surface area contributed by atoms with Gasteiger partial charge in [0.05, 0.1) is 0 Å². The summed E-state index contributed by atoms with van der Waals surface area (Å²) in [4.78, 5) is 2.12. The minimum absolute atomic E-state index is 0.406. The van der Waals surface area contributed by atoms with E-state index in [-0.39, 0.29) is 0 Å². The second-order valence-corrected chi connectivity index (χ2v) is 4.21. The van der Waals surface area contributed by atoms with Crippen LogP contribution in [0.4, 0.5) is 0 Å². The minimum atomic E-state index is 0.406. The molecule has 70 valence electrons. The fraction of sp³-hybridized carbons (Fsp3) is 0.636. The summed E-state index contributed by atoms with van der Waals surface area (Å²) in [5.41, 5.74) is 0.406. The highest BCUT2D eigenvalue weighted by Gasteiger charge is 2.10. The lowest BCUT2D eigenvalue weighted by molar-refractivity contribution is 0.328. The van der Waals surface area contributed by atoms with Gasteiger partial charge in [0.25, 0.3) is 0 Å². The van der Waals surface area contributed by atoms with Gasteiger partial charge >= 0.3 is 0 Å². The molecule has 1 nitrogen and oxygen atoms in total. The third-order valence-electron chi connectivity index (χ3n) is 1.70. The number of hydrogen-bond donors (Lipinski definition) is 0. The fourth-order valence-corrected chi connectivity index (χ4v) is 0.883. The van der Waals surface area contributed by atoms with Gasteiger partial charge in [0.1, 0.15) is 0 Å².